The summed E-state index contributed by atoms with van der Waals surface area (Å²) in [4.78, 5) is 13.9. The number of hydrogen-bond donors (Lipinski definition) is 0. The predicted octanol–water partition coefficient (Wildman–Crippen LogP) is 3.12. The van der Waals surface area contributed by atoms with Crippen LogP contribution in [0.1, 0.15) is 0 Å². The van der Waals surface area contributed by atoms with Crippen LogP contribution in [0.4, 0.5) is 5.69 Å². The van der Waals surface area contributed by atoms with Gasteiger partial charge in [-0.3, -0.25) is 0 Å². The zero-order chi connectivity index (χ0) is 10.5. The third-order valence-electron chi connectivity index (χ3n) is 2.09. The van der Waals surface area contributed by atoms with E-state index in [9.17, 15) is 4.79 Å². The van der Waals surface area contributed by atoms with E-state index in [0.717, 1.165) is 11.1 Å². The van der Waals surface area contributed by atoms with Crippen molar-refractivity contribution < 1.29 is 4.79 Å². The maximum absolute atomic E-state index is 10.3. The van der Waals surface area contributed by atoms with Gasteiger partial charge in [0.2, 0.25) is 6.08 Å². The van der Waals surface area contributed by atoms with Crippen LogP contribution in [-0.4, -0.2) is 6.08 Å². The minimum atomic E-state index is 0.632. The fourth-order valence-electron chi connectivity index (χ4n) is 1.43. The molecule has 2 aromatic rings. The van der Waals surface area contributed by atoms with Crippen LogP contribution in [0.25, 0.3) is 11.1 Å². The zero-order valence-corrected chi connectivity index (χ0v) is 7.97. The highest BCUT2D eigenvalue weighted by Crippen LogP contribution is 2.28. The van der Waals surface area contributed by atoms with Crippen molar-refractivity contribution in [2.24, 2.45) is 4.99 Å². The highest BCUT2D eigenvalue weighted by Gasteiger charge is 2.01. The van der Waals surface area contributed by atoms with Crippen LogP contribution in [0.5, 0.6) is 0 Å². The molecule has 15 heavy (non-hydrogen) atoms. The molecule has 0 atom stereocenters. The second kappa shape index (κ2) is 4.36. The number of rotatable bonds is 2. The lowest BCUT2D eigenvalue weighted by atomic mass is 10.0. The van der Waals surface area contributed by atoms with Gasteiger partial charge in [0, 0.05) is 5.56 Å². The van der Waals surface area contributed by atoms with Crippen molar-refractivity contribution in [3.8, 4) is 11.1 Å². The first-order valence-corrected chi connectivity index (χ1v) is 4.55. The van der Waals surface area contributed by atoms with Crippen LogP contribution in [0.3, 0.4) is 0 Å². The number of carbonyl (C=O) groups excluding carboxylic acids is 1. The molecule has 0 amide bonds. The Labute approximate surface area is 87.9 Å². The number of hydrogen-bond acceptors (Lipinski definition) is 2. The Kier molecular flexibility index (Phi) is 2.72. The third-order valence-corrected chi connectivity index (χ3v) is 2.09. The maximum Gasteiger partial charge on any atom is 0.240 e. The highest BCUT2D eigenvalue weighted by molar-refractivity contribution is 5.76. The fraction of sp³-hybridized carbons (Fsp3) is 0. The van der Waals surface area contributed by atoms with Crippen molar-refractivity contribution in [3.05, 3.63) is 54.6 Å². The maximum atomic E-state index is 10.3. The zero-order valence-electron chi connectivity index (χ0n) is 7.97. The molecule has 0 saturated heterocycles. The first-order valence-electron chi connectivity index (χ1n) is 4.55. The van der Waals surface area contributed by atoms with Crippen LogP contribution in [0.2, 0.25) is 0 Å². The van der Waals surface area contributed by atoms with E-state index < -0.39 is 0 Å². The molecular formula is C13H8NO. The summed E-state index contributed by atoms with van der Waals surface area (Å²) < 4.78 is 0. The Morgan fingerprint density at radius 1 is 1.13 bits per heavy atom. The summed E-state index contributed by atoms with van der Waals surface area (Å²) in [5.74, 6) is 0. The van der Waals surface area contributed by atoms with E-state index >= 15 is 0 Å². The molecule has 2 aromatic carbocycles. The van der Waals surface area contributed by atoms with Gasteiger partial charge in [-0.05, 0) is 23.8 Å². The molecule has 0 bridgehead atoms. The van der Waals surface area contributed by atoms with E-state index in [-0.39, 0.29) is 0 Å². The number of benzene rings is 2. The highest BCUT2D eigenvalue weighted by atomic mass is 16.1. The van der Waals surface area contributed by atoms with E-state index in [0.29, 0.717) is 5.69 Å². The molecule has 71 valence electrons. The molecule has 0 saturated carbocycles. The second-order valence-corrected chi connectivity index (χ2v) is 3.01. The molecule has 0 aliphatic heterocycles. The Bertz CT molecular complexity index is 499. The molecular weight excluding hydrogens is 186 g/mol. The summed E-state index contributed by atoms with van der Waals surface area (Å²) in [5, 5.41) is 0. The van der Waals surface area contributed by atoms with Crippen molar-refractivity contribution in [1.82, 2.24) is 0 Å². The van der Waals surface area contributed by atoms with Crippen LogP contribution >= 0.6 is 0 Å². The molecule has 0 aliphatic carbocycles. The first-order chi connectivity index (χ1) is 7.42. The average molecular weight is 194 g/mol. The van der Waals surface area contributed by atoms with E-state index in [1.54, 1.807) is 12.1 Å². The average Bonchev–Trinajstić information content (AvgIpc) is 2.31. The van der Waals surface area contributed by atoms with E-state index in [1.807, 2.05) is 42.5 Å². The molecule has 0 spiro atoms. The van der Waals surface area contributed by atoms with Crippen molar-refractivity contribution in [2.75, 3.05) is 0 Å². The molecule has 2 nitrogen and oxygen atoms in total. The lowest BCUT2D eigenvalue weighted by molar-refractivity contribution is 0.565. The van der Waals surface area contributed by atoms with Crippen molar-refractivity contribution >= 4 is 11.8 Å². The van der Waals surface area contributed by atoms with Crippen molar-refractivity contribution in [2.45, 2.75) is 0 Å². The molecule has 0 aliphatic rings. The van der Waals surface area contributed by atoms with Crippen molar-refractivity contribution in [1.29, 1.82) is 0 Å². The third kappa shape index (κ3) is 2.01. The SMILES string of the molecule is O=C=Nc1ccccc1-c1c[c]ccc1. The predicted molar refractivity (Wildman–Crippen MR) is 58.5 cm³/mol. The van der Waals surface area contributed by atoms with E-state index in [2.05, 4.69) is 11.1 Å². The Balaban J connectivity index is 2.58. The van der Waals surface area contributed by atoms with Gasteiger partial charge in [0.15, 0.2) is 0 Å². The Morgan fingerprint density at radius 3 is 2.73 bits per heavy atom. The number of nitrogens with zero attached hydrogens (tertiary/aromatic N) is 1. The molecule has 0 aromatic heterocycles. The van der Waals surface area contributed by atoms with Crippen LogP contribution in [-0.2, 0) is 4.79 Å². The standard InChI is InChI=1S/C13H8NO/c15-10-14-13-9-5-4-8-12(13)11-6-2-1-3-7-11/h1-2,4-9H. The molecule has 0 heterocycles. The molecule has 1 radical (unpaired) electrons. The van der Waals surface area contributed by atoms with Crippen LogP contribution < -0.4 is 0 Å². The largest absolute Gasteiger partial charge is 0.240 e. The van der Waals surface area contributed by atoms with E-state index in [1.165, 1.54) is 0 Å². The van der Waals surface area contributed by atoms with Gasteiger partial charge in [0.25, 0.3) is 0 Å². The molecule has 2 heteroatoms. The minimum Gasteiger partial charge on any atom is -0.211 e. The summed E-state index contributed by atoms with van der Waals surface area (Å²) in [6, 6.07) is 18.0. The summed E-state index contributed by atoms with van der Waals surface area (Å²) in [5.41, 5.74) is 2.54. The van der Waals surface area contributed by atoms with Gasteiger partial charge in [-0.1, -0.05) is 36.4 Å². The lowest BCUT2D eigenvalue weighted by Gasteiger charge is -2.03. The smallest absolute Gasteiger partial charge is 0.211 e. The summed E-state index contributed by atoms with van der Waals surface area (Å²) >= 11 is 0. The lowest BCUT2D eigenvalue weighted by Crippen LogP contribution is -1.77. The van der Waals surface area contributed by atoms with Gasteiger partial charge < -0.3 is 0 Å². The summed E-state index contributed by atoms with van der Waals surface area (Å²) in [6.45, 7) is 0. The topological polar surface area (TPSA) is 29.4 Å². The monoisotopic (exact) mass is 194 g/mol. The Hall–Kier alpha value is -2.18. The minimum absolute atomic E-state index is 0.632. The molecule has 2 rings (SSSR count). The number of aliphatic imine (C=N–C) groups is 1. The summed E-state index contributed by atoms with van der Waals surface area (Å²) in [6.07, 6.45) is 1.56. The van der Waals surface area contributed by atoms with Gasteiger partial charge in [-0.15, -0.1) is 0 Å². The van der Waals surface area contributed by atoms with Gasteiger partial charge >= 0.3 is 0 Å². The summed E-state index contributed by atoms with van der Waals surface area (Å²) in [7, 11) is 0. The number of para-hydroxylation sites is 1. The molecule has 0 unspecified atom stereocenters. The fourth-order valence-corrected chi connectivity index (χ4v) is 1.43. The van der Waals surface area contributed by atoms with E-state index in [4.69, 9.17) is 0 Å². The van der Waals surface area contributed by atoms with Gasteiger partial charge in [0.05, 0.1) is 5.69 Å². The van der Waals surface area contributed by atoms with Gasteiger partial charge in [0.1, 0.15) is 0 Å². The molecule has 0 N–H and O–H groups in total. The van der Waals surface area contributed by atoms with Crippen LogP contribution in [0.15, 0.2) is 53.5 Å². The quantitative estimate of drug-likeness (QED) is 0.533. The Morgan fingerprint density at radius 2 is 2.00 bits per heavy atom. The van der Waals surface area contributed by atoms with Crippen molar-refractivity contribution in [3.63, 3.8) is 0 Å². The number of isocyanates is 1. The van der Waals surface area contributed by atoms with Crippen LogP contribution in [0, 0.1) is 6.07 Å². The van der Waals surface area contributed by atoms with Gasteiger partial charge in [-0.25, -0.2) is 4.79 Å². The first kappa shape index (κ1) is 9.38. The van der Waals surface area contributed by atoms with Gasteiger partial charge in [-0.2, -0.15) is 4.99 Å². The normalized spacial score (nSPS) is 9.33. The second-order valence-electron chi connectivity index (χ2n) is 3.01. The molecule has 0 fully saturated rings.